The van der Waals surface area contributed by atoms with Gasteiger partial charge >= 0.3 is 0 Å². The Morgan fingerprint density at radius 1 is 1.00 bits per heavy atom. The zero-order chi connectivity index (χ0) is 17.9. The number of carbonyl (C=O) groups excluding carboxylic acids is 2. The van der Waals surface area contributed by atoms with E-state index in [0.717, 1.165) is 16.7 Å². The normalized spacial score (nSPS) is 10.4. The molecule has 2 rings (SSSR count). The van der Waals surface area contributed by atoms with Crippen LogP contribution in [0.1, 0.15) is 23.6 Å². The monoisotopic (exact) mass is 344 g/mol. The van der Waals surface area contributed by atoms with Crippen molar-refractivity contribution in [1.82, 2.24) is 0 Å². The van der Waals surface area contributed by atoms with Gasteiger partial charge in [-0.3, -0.25) is 9.59 Å². The van der Waals surface area contributed by atoms with Crippen molar-refractivity contribution in [3.8, 4) is 0 Å². The zero-order valence-corrected chi connectivity index (χ0v) is 15.1. The fraction of sp³-hybridized carbons (Fsp3) is 0.263. The molecule has 0 unspecified atom stereocenters. The van der Waals surface area contributed by atoms with E-state index in [9.17, 15) is 9.59 Å². The second-order valence-electron chi connectivity index (χ2n) is 5.89. The van der Waals surface area contributed by atoms with Crippen LogP contribution in [0.2, 0.25) is 5.02 Å². The third kappa shape index (κ3) is 4.36. The molecule has 0 aromatic heterocycles. The number of nitrogens with zero attached hydrogens (tertiary/aromatic N) is 1. The molecule has 0 aliphatic heterocycles. The quantitative estimate of drug-likeness (QED) is 0.901. The molecule has 0 aliphatic rings. The predicted octanol–water partition coefficient (Wildman–Crippen LogP) is 4.26. The maximum Gasteiger partial charge on any atom is 0.244 e. The first kappa shape index (κ1) is 18.0. The van der Waals surface area contributed by atoms with Crippen LogP contribution in [0.25, 0.3) is 0 Å². The average Bonchev–Trinajstić information content (AvgIpc) is 2.51. The number of amides is 2. The summed E-state index contributed by atoms with van der Waals surface area (Å²) in [5.41, 5.74) is 4.50. The van der Waals surface area contributed by atoms with Crippen molar-refractivity contribution in [2.45, 2.75) is 27.7 Å². The van der Waals surface area contributed by atoms with Crippen molar-refractivity contribution in [3.63, 3.8) is 0 Å². The van der Waals surface area contributed by atoms with Gasteiger partial charge in [0, 0.05) is 23.3 Å². The van der Waals surface area contributed by atoms with Gasteiger partial charge in [0.2, 0.25) is 11.8 Å². The summed E-state index contributed by atoms with van der Waals surface area (Å²) in [6.45, 7) is 7.25. The van der Waals surface area contributed by atoms with Crippen molar-refractivity contribution in [3.05, 3.63) is 58.1 Å². The Balaban J connectivity index is 2.15. The van der Waals surface area contributed by atoms with Crippen LogP contribution < -0.4 is 10.2 Å². The third-order valence-electron chi connectivity index (χ3n) is 3.94. The number of hydrogen-bond acceptors (Lipinski definition) is 2. The molecule has 0 spiro atoms. The standard InChI is InChI=1S/C19H21ClN2O2/c1-12-5-7-16(9-14(12)3)21-19(24)11-22(15(4)23)17-8-6-13(2)18(20)10-17/h5-10H,11H2,1-4H3,(H,21,24). The second kappa shape index (κ2) is 7.49. The molecule has 5 heteroatoms. The molecule has 126 valence electrons. The maximum atomic E-state index is 12.3. The molecule has 0 saturated carbocycles. The fourth-order valence-corrected chi connectivity index (χ4v) is 2.47. The molecule has 4 nitrogen and oxygen atoms in total. The van der Waals surface area contributed by atoms with Crippen LogP contribution in [-0.2, 0) is 9.59 Å². The summed E-state index contributed by atoms with van der Waals surface area (Å²) >= 11 is 6.12. The molecule has 0 aliphatic carbocycles. The van der Waals surface area contributed by atoms with E-state index in [0.29, 0.717) is 16.4 Å². The lowest BCUT2D eigenvalue weighted by atomic mass is 10.1. The molecule has 0 heterocycles. The molecule has 2 aromatic carbocycles. The lowest BCUT2D eigenvalue weighted by Crippen LogP contribution is -2.36. The minimum Gasteiger partial charge on any atom is -0.325 e. The van der Waals surface area contributed by atoms with E-state index in [1.165, 1.54) is 11.8 Å². The van der Waals surface area contributed by atoms with Gasteiger partial charge in [0.15, 0.2) is 0 Å². The van der Waals surface area contributed by atoms with Gasteiger partial charge in [-0.15, -0.1) is 0 Å². The van der Waals surface area contributed by atoms with Gasteiger partial charge in [0.25, 0.3) is 0 Å². The molecule has 0 atom stereocenters. The van der Waals surface area contributed by atoms with Crippen molar-refractivity contribution in [2.24, 2.45) is 0 Å². The minimum absolute atomic E-state index is 0.0678. The summed E-state index contributed by atoms with van der Waals surface area (Å²) in [6, 6.07) is 11.0. The first-order valence-corrected chi connectivity index (χ1v) is 8.07. The molecule has 0 fully saturated rings. The zero-order valence-electron chi connectivity index (χ0n) is 14.3. The van der Waals surface area contributed by atoms with E-state index < -0.39 is 0 Å². The van der Waals surface area contributed by atoms with Gasteiger partial charge in [-0.2, -0.15) is 0 Å². The van der Waals surface area contributed by atoms with Crippen molar-refractivity contribution < 1.29 is 9.59 Å². The molecule has 1 N–H and O–H groups in total. The van der Waals surface area contributed by atoms with Crippen LogP contribution in [0.3, 0.4) is 0 Å². The number of aryl methyl sites for hydroxylation is 3. The van der Waals surface area contributed by atoms with Crippen LogP contribution >= 0.6 is 11.6 Å². The van der Waals surface area contributed by atoms with E-state index in [1.54, 1.807) is 12.1 Å². The van der Waals surface area contributed by atoms with Gasteiger partial charge in [-0.25, -0.2) is 0 Å². The van der Waals surface area contributed by atoms with Gasteiger partial charge in [-0.05, 0) is 61.7 Å². The summed E-state index contributed by atoms with van der Waals surface area (Å²) in [7, 11) is 0. The Morgan fingerprint density at radius 2 is 1.67 bits per heavy atom. The van der Waals surface area contributed by atoms with Gasteiger partial charge in [-0.1, -0.05) is 23.7 Å². The number of carbonyl (C=O) groups is 2. The molecular formula is C19H21ClN2O2. The number of halogens is 1. The molecular weight excluding hydrogens is 324 g/mol. The van der Waals surface area contributed by atoms with Crippen molar-refractivity contribution in [1.29, 1.82) is 0 Å². The largest absolute Gasteiger partial charge is 0.325 e. The molecule has 0 saturated heterocycles. The number of benzene rings is 2. The van der Waals surface area contributed by atoms with Crippen molar-refractivity contribution in [2.75, 3.05) is 16.8 Å². The Bertz CT molecular complexity index is 787. The smallest absolute Gasteiger partial charge is 0.244 e. The number of anilines is 2. The van der Waals surface area contributed by atoms with Gasteiger partial charge in [0.1, 0.15) is 6.54 Å². The van der Waals surface area contributed by atoms with E-state index >= 15 is 0 Å². The van der Waals surface area contributed by atoms with E-state index in [-0.39, 0.29) is 18.4 Å². The predicted molar refractivity (Wildman–Crippen MR) is 98.8 cm³/mol. The Hall–Kier alpha value is -2.33. The highest BCUT2D eigenvalue weighted by atomic mass is 35.5. The fourth-order valence-electron chi connectivity index (χ4n) is 2.30. The maximum absolute atomic E-state index is 12.3. The van der Waals surface area contributed by atoms with Crippen LogP contribution in [0.5, 0.6) is 0 Å². The topological polar surface area (TPSA) is 49.4 Å². The number of hydrogen-bond donors (Lipinski definition) is 1. The van der Waals surface area contributed by atoms with E-state index in [2.05, 4.69) is 5.32 Å². The molecule has 2 amide bonds. The summed E-state index contributed by atoms with van der Waals surface area (Å²) < 4.78 is 0. The summed E-state index contributed by atoms with van der Waals surface area (Å²) in [5, 5.41) is 3.39. The Morgan fingerprint density at radius 3 is 2.25 bits per heavy atom. The molecule has 24 heavy (non-hydrogen) atoms. The minimum atomic E-state index is -0.259. The number of rotatable bonds is 4. The van der Waals surface area contributed by atoms with Crippen LogP contribution in [-0.4, -0.2) is 18.4 Å². The molecule has 0 radical (unpaired) electrons. The Labute approximate surface area is 147 Å². The highest BCUT2D eigenvalue weighted by Gasteiger charge is 2.17. The molecule has 0 bridgehead atoms. The van der Waals surface area contributed by atoms with Crippen LogP contribution in [0, 0.1) is 20.8 Å². The van der Waals surface area contributed by atoms with E-state index in [4.69, 9.17) is 11.6 Å². The average molecular weight is 345 g/mol. The van der Waals surface area contributed by atoms with Crippen molar-refractivity contribution >= 4 is 34.8 Å². The second-order valence-corrected chi connectivity index (χ2v) is 6.29. The summed E-state index contributed by atoms with van der Waals surface area (Å²) in [6.07, 6.45) is 0. The van der Waals surface area contributed by atoms with Gasteiger partial charge in [0.05, 0.1) is 0 Å². The highest BCUT2D eigenvalue weighted by molar-refractivity contribution is 6.31. The van der Waals surface area contributed by atoms with Gasteiger partial charge < -0.3 is 10.2 Å². The van der Waals surface area contributed by atoms with Crippen LogP contribution in [0.4, 0.5) is 11.4 Å². The van der Waals surface area contributed by atoms with Crippen LogP contribution in [0.15, 0.2) is 36.4 Å². The lowest BCUT2D eigenvalue weighted by molar-refractivity contribution is -0.120. The summed E-state index contributed by atoms with van der Waals surface area (Å²) in [4.78, 5) is 25.6. The molecule has 2 aromatic rings. The highest BCUT2D eigenvalue weighted by Crippen LogP contribution is 2.23. The Kier molecular flexibility index (Phi) is 5.62. The first-order valence-electron chi connectivity index (χ1n) is 7.69. The number of nitrogens with one attached hydrogen (secondary N) is 1. The SMILES string of the molecule is CC(=O)N(CC(=O)Nc1ccc(C)c(C)c1)c1ccc(C)c(Cl)c1. The third-order valence-corrected chi connectivity index (χ3v) is 4.35. The first-order chi connectivity index (χ1) is 11.3. The summed E-state index contributed by atoms with van der Waals surface area (Å²) in [5.74, 6) is -0.477. The van der Waals surface area contributed by atoms with E-state index in [1.807, 2.05) is 45.0 Å². The lowest BCUT2D eigenvalue weighted by Gasteiger charge is -2.21.